The average Bonchev–Trinajstić information content (AvgIpc) is 2.71. The molecule has 21 heavy (non-hydrogen) atoms. The lowest BCUT2D eigenvalue weighted by atomic mass is 9.80. The molecule has 1 heterocycles. The Morgan fingerprint density at radius 1 is 1.57 bits per heavy atom. The fourth-order valence-corrected chi connectivity index (χ4v) is 4.10. The highest BCUT2D eigenvalue weighted by Crippen LogP contribution is 2.40. The predicted octanol–water partition coefficient (Wildman–Crippen LogP) is 4.18. The second kappa shape index (κ2) is 6.16. The van der Waals surface area contributed by atoms with Crippen LogP contribution in [0.3, 0.4) is 0 Å². The first-order valence-electron chi connectivity index (χ1n) is 7.08. The van der Waals surface area contributed by atoms with Crippen LogP contribution in [0.15, 0.2) is 23.4 Å². The maximum Gasteiger partial charge on any atom is 0.313 e. The molecule has 4 nitrogen and oxygen atoms in total. The molecule has 1 aromatic carbocycles. The topological polar surface area (TPSA) is 55.1 Å². The summed E-state index contributed by atoms with van der Waals surface area (Å²) in [5, 5.41) is 9.76. The van der Waals surface area contributed by atoms with Gasteiger partial charge in [-0.05, 0) is 66.5 Å². The van der Waals surface area contributed by atoms with Crippen LogP contribution in [0.5, 0.6) is 0 Å². The Labute approximate surface area is 141 Å². The third-order valence-electron chi connectivity index (χ3n) is 4.18. The van der Waals surface area contributed by atoms with Crippen LogP contribution in [0.4, 0.5) is 0 Å². The first-order chi connectivity index (χ1) is 10.1. The highest BCUT2D eigenvalue weighted by Gasteiger charge is 2.28. The molecule has 0 spiro atoms. The van der Waals surface area contributed by atoms with Crippen LogP contribution >= 0.6 is 34.4 Å². The lowest BCUT2D eigenvalue weighted by Gasteiger charge is -2.33. The molecule has 112 valence electrons. The van der Waals surface area contributed by atoms with E-state index in [2.05, 4.69) is 57.3 Å². The third kappa shape index (κ3) is 3.06. The molecule has 3 rings (SSSR count). The Morgan fingerprint density at radius 3 is 2.95 bits per heavy atom. The fraction of sp³-hybridized carbons (Fsp3) is 0.467. The van der Waals surface area contributed by atoms with Gasteiger partial charge < -0.3 is 9.67 Å². The van der Waals surface area contributed by atoms with Crippen LogP contribution in [0.2, 0.25) is 0 Å². The second-order valence-electron chi connectivity index (χ2n) is 5.51. The SMILES string of the molecule is CC(C1CCC1)n1c(SCC(=O)O)nc2cc(I)ccc21. The summed E-state index contributed by atoms with van der Waals surface area (Å²) in [5.74, 6) is -0.0621. The molecule has 1 fully saturated rings. The number of hydrogen-bond donors (Lipinski definition) is 1. The molecule has 1 saturated carbocycles. The molecular formula is C15H17IN2O2S. The van der Waals surface area contributed by atoms with Crippen LogP contribution in [0.25, 0.3) is 11.0 Å². The van der Waals surface area contributed by atoms with Crippen molar-refractivity contribution in [2.45, 2.75) is 37.4 Å². The highest BCUT2D eigenvalue weighted by molar-refractivity contribution is 14.1. The van der Waals surface area contributed by atoms with Crippen molar-refractivity contribution in [1.82, 2.24) is 9.55 Å². The van der Waals surface area contributed by atoms with Gasteiger partial charge in [-0.15, -0.1) is 0 Å². The predicted molar refractivity (Wildman–Crippen MR) is 92.9 cm³/mol. The molecule has 1 N–H and O–H groups in total. The molecule has 1 aromatic heterocycles. The summed E-state index contributed by atoms with van der Waals surface area (Å²) in [6.45, 7) is 2.23. The van der Waals surface area contributed by atoms with Crippen molar-refractivity contribution < 1.29 is 9.90 Å². The quantitative estimate of drug-likeness (QED) is 0.587. The van der Waals surface area contributed by atoms with E-state index in [0.29, 0.717) is 12.0 Å². The Morgan fingerprint density at radius 2 is 2.33 bits per heavy atom. The number of imidazole rings is 1. The van der Waals surface area contributed by atoms with Gasteiger partial charge in [-0.2, -0.15) is 0 Å². The summed E-state index contributed by atoms with van der Waals surface area (Å²) in [7, 11) is 0. The summed E-state index contributed by atoms with van der Waals surface area (Å²) in [5.41, 5.74) is 2.07. The number of rotatable bonds is 5. The number of aliphatic carboxylic acids is 1. The summed E-state index contributed by atoms with van der Waals surface area (Å²) in [6, 6.07) is 6.62. The van der Waals surface area contributed by atoms with Crippen LogP contribution in [0.1, 0.15) is 32.2 Å². The minimum absolute atomic E-state index is 0.0534. The van der Waals surface area contributed by atoms with Gasteiger partial charge in [-0.25, -0.2) is 4.98 Å². The zero-order valence-electron chi connectivity index (χ0n) is 11.8. The zero-order chi connectivity index (χ0) is 15.0. The molecule has 0 radical (unpaired) electrons. The number of thioether (sulfide) groups is 1. The van der Waals surface area contributed by atoms with Crippen molar-refractivity contribution in [3.8, 4) is 0 Å². The van der Waals surface area contributed by atoms with E-state index in [4.69, 9.17) is 5.11 Å². The van der Waals surface area contributed by atoms with Gasteiger partial charge >= 0.3 is 5.97 Å². The van der Waals surface area contributed by atoms with Crippen molar-refractivity contribution in [1.29, 1.82) is 0 Å². The third-order valence-corrected chi connectivity index (χ3v) is 5.79. The molecule has 0 aliphatic heterocycles. The van der Waals surface area contributed by atoms with E-state index in [1.807, 2.05) is 0 Å². The molecule has 0 bridgehead atoms. The molecule has 0 amide bonds. The molecule has 1 aliphatic rings. The summed E-state index contributed by atoms with van der Waals surface area (Å²) < 4.78 is 3.39. The van der Waals surface area contributed by atoms with Gasteiger partial charge in [-0.3, -0.25) is 4.79 Å². The van der Waals surface area contributed by atoms with E-state index >= 15 is 0 Å². The van der Waals surface area contributed by atoms with Crippen molar-refractivity contribution in [2.24, 2.45) is 5.92 Å². The fourth-order valence-electron chi connectivity index (χ4n) is 2.80. The van der Waals surface area contributed by atoms with E-state index in [1.165, 1.54) is 31.0 Å². The Hall–Kier alpha value is -0.760. The van der Waals surface area contributed by atoms with Gasteiger partial charge in [0, 0.05) is 9.61 Å². The van der Waals surface area contributed by atoms with Crippen LogP contribution in [-0.4, -0.2) is 26.4 Å². The van der Waals surface area contributed by atoms with Gasteiger partial charge in [0.2, 0.25) is 0 Å². The highest BCUT2D eigenvalue weighted by atomic mass is 127. The molecule has 0 saturated heterocycles. The first-order valence-corrected chi connectivity index (χ1v) is 9.15. The minimum atomic E-state index is -0.801. The number of fused-ring (bicyclic) bond motifs is 1. The Bertz CT molecular complexity index is 682. The first kappa shape index (κ1) is 15.1. The molecular weight excluding hydrogens is 399 g/mol. The van der Waals surface area contributed by atoms with E-state index in [-0.39, 0.29) is 5.75 Å². The van der Waals surface area contributed by atoms with Gasteiger partial charge in [0.05, 0.1) is 16.8 Å². The van der Waals surface area contributed by atoms with E-state index < -0.39 is 5.97 Å². The standard InChI is InChI=1S/C15H17IN2O2S/c1-9(10-3-2-4-10)18-13-6-5-11(16)7-12(13)17-15(18)21-8-14(19)20/h5-7,9-10H,2-4,8H2,1H3,(H,19,20). The number of halogens is 1. The zero-order valence-corrected chi connectivity index (χ0v) is 14.7. The smallest absolute Gasteiger partial charge is 0.313 e. The molecule has 2 aromatic rings. The van der Waals surface area contributed by atoms with Crippen LogP contribution in [-0.2, 0) is 4.79 Å². The van der Waals surface area contributed by atoms with Crippen LogP contribution in [0, 0.1) is 9.49 Å². The number of nitrogens with zero attached hydrogens (tertiary/aromatic N) is 2. The minimum Gasteiger partial charge on any atom is -0.481 e. The van der Waals surface area contributed by atoms with Crippen molar-refractivity contribution >= 4 is 51.4 Å². The number of hydrogen-bond acceptors (Lipinski definition) is 3. The average molecular weight is 416 g/mol. The molecule has 6 heteroatoms. The number of carbonyl (C=O) groups is 1. The summed E-state index contributed by atoms with van der Waals surface area (Å²) in [4.78, 5) is 15.5. The normalized spacial score (nSPS) is 16.9. The van der Waals surface area contributed by atoms with Gasteiger partial charge in [0.25, 0.3) is 0 Å². The maximum absolute atomic E-state index is 10.9. The van der Waals surface area contributed by atoms with Gasteiger partial charge in [0.1, 0.15) is 0 Å². The monoisotopic (exact) mass is 416 g/mol. The molecule has 1 aliphatic carbocycles. The lowest BCUT2D eigenvalue weighted by Crippen LogP contribution is -2.23. The van der Waals surface area contributed by atoms with Crippen LogP contribution < -0.4 is 0 Å². The number of benzene rings is 1. The number of carboxylic acid groups (broad SMARTS) is 1. The van der Waals surface area contributed by atoms with E-state index in [1.54, 1.807) is 0 Å². The van der Waals surface area contributed by atoms with Crippen molar-refractivity contribution in [2.75, 3.05) is 5.75 Å². The molecule has 1 unspecified atom stereocenters. The maximum atomic E-state index is 10.9. The molecule has 1 atom stereocenters. The van der Waals surface area contributed by atoms with Gasteiger partial charge in [-0.1, -0.05) is 18.2 Å². The Kier molecular flexibility index (Phi) is 4.44. The van der Waals surface area contributed by atoms with Crippen molar-refractivity contribution in [3.63, 3.8) is 0 Å². The van der Waals surface area contributed by atoms with Crippen molar-refractivity contribution in [3.05, 3.63) is 21.8 Å². The van der Waals surface area contributed by atoms with Gasteiger partial charge in [0.15, 0.2) is 5.16 Å². The number of aromatic nitrogens is 2. The second-order valence-corrected chi connectivity index (χ2v) is 7.70. The largest absolute Gasteiger partial charge is 0.481 e. The number of carboxylic acids is 1. The van der Waals surface area contributed by atoms with E-state index in [9.17, 15) is 4.79 Å². The Balaban J connectivity index is 2.03. The summed E-state index contributed by atoms with van der Waals surface area (Å²) >= 11 is 3.60. The lowest BCUT2D eigenvalue weighted by molar-refractivity contribution is -0.133. The summed E-state index contributed by atoms with van der Waals surface area (Å²) in [6.07, 6.45) is 3.82. The van der Waals surface area contributed by atoms with E-state index in [0.717, 1.165) is 19.8 Å².